The fourth-order valence-corrected chi connectivity index (χ4v) is 0. The van der Waals surface area contributed by atoms with Gasteiger partial charge in [0.05, 0.1) is 0 Å². The van der Waals surface area contributed by atoms with Gasteiger partial charge in [-0.15, -0.1) is 0 Å². The van der Waals surface area contributed by atoms with Crippen LogP contribution in [0.15, 0.2) is 4.99 Å². The van der Waals surface area contributed by atoms with Gasteiger partial charge in [0.2, 0.25) is 6.41 Å². The molecule has 0 heterocycles. The van der Waals surface area contributed by atoms with Crippen molar-refractivity contribution in [2.24, 2.45) is 4.99 Å². The molecule has 56 valence electrons. The van der Waals surface area contributed by atoms with Crippen LogP contribution in [0.2, 0.25) is 0 Å². The number of rotatable bonds is 1. The molecule has 0 aromatic rings. The number of hydrogen-bond acceptors (Lipinski definition) is 2. The fourth-order valence-electron chi connectivity index (χ4n) is 0. The van der Waals surface area contributed by atoms with E-state index < -0.39 is 0 Å². The molecule has 0 bridgehead atoms. The second kappa shape index (κ2) is 27.3. The van der Waals surface area contributed by atoms with Crippen molar-refractivity contribution in [3.05, 3.63) is 0 Å². The van der Waals surface area contributed by atoms with Crippen LogP contribution >= 0.6 is 0 Å². The Labute approximate surface area is 57.2 Å². The zero-order valence-electron chi connectivity index (χ0n) is 5.51. The third-order valence-corrected chi connectivity index (χ3v) is 0.376. The number of nitrogens with zero attached hydrogens (tertiary/aromatic N) is 1. The van der Waals surface area contributed by atoms with Gasteiger partial charge >= 0.3 is 0 Å². The van der Waals surface area contributed by atoms with Gasteiger partial charge in [0.15, 0.2) is 0 Å². The van der Waals surface area contributed by atoms with Crippen LogP contribution in [-0.2, 0) is 4.79 Å². The molecule has 9 heavy (non-hydrogen) atoms. The summed E-state index contributed by atoms with van der Waals surface area (Å²) in [6.07, 6.45) is 2.38. The molecular formula is C6H16N2O. The second-order valence-electron chi connectivity index (χ2n) is 0.923. The molecule has 0 aliphatic heterocycles. The molecule has 0 rings (SSSR count). The Hall–Kier alpha value is -0.860. The molecule has 0 spiro atoms. The molecule has 0 fully saturated rings. The highest BCUT2D eigenvalue weighted by atomic mass is 16.1. The Morgan fingerprint density at radius 1 is 1.56 bits per heavy atom. The lowest BCUT2D eigenvalue weighted by molar-refractivity contribution is -0.109. The minimum Gasteiger partial charge on any atom is -0.362 e. The zero-order valence-corrected chi connectivity index (χ0v) is 5.51. The monoisotopic (exact) mass is 132 g/mol. The van der Waals surface area contributed by atoms with Crippen LogP contribution in [0, 0.1) is 0 Å². The summed E-state index contributed by atoms with van der Waals surface area (Å²) >= 11 is 0. The van der Waals surface area contributed by atoms with Crippen molar-refractivity contribution in [3.63, 3.8) is 0 Å². The second-order valence-corrected chi connectivity index (χ2v) is 0.923. The van der Waals surface area contributed by atoms with E-state index in [-0.39, 0.29) is 7.43 Å². The maximum absolute atomic E-state index is 9.06. The van der Waals surface area contributed by atoms with Crippen molar-refractivity contribution >= 4 is 12.6 Å². The molecule has 3 nitrogen and oxygen atoms in total. The molecule has 0 saturated carbocycles. The molecule has 0 aromatic carbocycles. The molecule has 0 aromatic heterocycles. The van der Waals surface area contributed by atoms with Gasteiger partial charge in [0.25, 0.3) is 0 Å². The van der Waals surface area contributed by atoms with Gasteiger partial charge in [-0.3, -0.25) is 4.79 Å². The quantitative estimate of drug-likeness (QED) is 0.414. The molecule has 0 atom stereocenters. The molecule has 0 aliphatic rings. The van der Waals surface area contributed by atoms with Crippen LogP contribution in [0.1, 0.15) is 14.4 Å². The molecular weight excluding hydrogens is 116 g/mol. The third-order valence-electron chi connectivity index (χ3n) is 0.376. The average molecular weight is 132 g/mol. The molecule has 0 unspecified atom stereocenters. The summed E-state index contributed by atoms with van der Waals surface area (Å²) in [5.74, 6) is 0. The lowest BCUT2D eigenvalue weighted by Gasteiger charge is -1.64. The van der Waals surface area contributed by atoms with E-state index in [0.717, 1.165) is 0 Å². The van der Waals surface area contributed by atoms with Gasteiger partial charge < -0.3 is 10.3 Å². The Kier molecular flexibility index (Phi) is 47.6. The van der Waals surface area contributed by atoms with Gasteiger partial charge in [-0.2, -0.15) is 0 Å². The number of amides is 1. The highest BCUT2D eigenvalue weighted by Crippen LogP contribution is 1.39. The first-order chi connectivity index (χ1) is 3.83. The van der Waals surface area contributed by atoms with Gasteiger partial charge in [-0.25, -0.2) is 0 Å². The number of carbonyl (C=O) groups excluding carboxylic acids is 1. The molecule has 0 saturated heterocycles. The lowest BCUT2D eigenvalue weighted by Crippen LogP contribution is -1.98. The van der Waals surface area contributed by atoms with Gasteiger partial charge in [0, 0.05) is 14.1 Å². The summed E-state index contributed by atoms with van der Waals surface area (Å²) in [7, 11) is 3.31. The maximum atomic E-state index is 9.06. The summed E-state index contributed by atoms with van der Waals surface area (Å²) in [6, 6.07) is 0. The maximum Gasteiger partial charge on any atom is 0.206 e. The SMILES string of the molecule is C.CC=NC.CNC=O. The van der Waals surface area contributed by atoms with E-state index in [2.05, 4.69) is 10.3 Å². The lowest BCUT2D eigenvalue weighted by atomic mass is 10.9. The van der Waals surface area contributed by atoms with Crippen LogP contribution in [0.3, 0.4) is 0 Å². The Morgan fingerprint density at radius 2 is 1.78 bits per heavy atom. The van der Waals surface area contributed by atoms with E-state index in [1.165, 1.54) is 0 Å². The first-order valence-corrected chi connectivity index (χ1v) is 2.31. The van der Waals surface area contributed by atoms with Crippen LogP contribution in [-0.4, -0.2) is 26.7 Å². The predicted molar refractivity (Wildman–Crippen MR) is 41.9 cm³/mol. The van der Waals surface area contributed by atoms with E-state index in [1.807, 2.05) is 6.92 Å². The van der Waals surface area contributed by atoms with Crippen molar-refractivity contribution in [2.45, 2.75) is 14.4 Å². The predicted octanol–water partition coefficient (Wildman–Crippen LogP) is 0.705. The van der Waals surface area contributed by atoms with Crippen molar-refractivity contribution in [3.8, 4) is 0 Å². The topological polar surface area (TPSA) is 41.5 Å². The summed E-state index contributed by atoms with van der Waals surface area (Å²) in [6.45, 7) is 1.89. The van der Waals surface area contributed by atoms with Gasteiger partial charge in [0.1, 0.15) is 0 Å². The Balaban J connectivity index is -0.0000000720. The normalized spacial score (nSPS) is 6.56. The minimum absolute atomic E-state index is 0. The number of nitrogens with one attached hydrogen (secondary N) is 1. The standard InChI is InChI=1S/C3H7N.C2H5NO.CH4/c1-3-4-2;1-3-2-4;/h3H,1-2H3;2H,1H3,(H,3,4);1H4. The molecule has 0 radical (unpaired) electrons. The van der Waals surface area contributed by atoms with E-state index in [9.17, 15) is 0 Å². The van der Waals surface area contributed by atoms with E-state index in [0.29, 0.717) is 6.41 Å². The van der Waals surface area contributed by atoms with Crippen molar-refractivity contribution in [1.82, 2.24) is 5.32 Å². The van der Waals surface area contributed by atoms with Crippen LogP contribution in [0.25, 0.3) is 0 Å². The van der Waals surface area contributed by atoms with Crippen LogP contribution < -0.4 is 5.32 Å². The molecule has 1 N–H and O–H groups in total. The number of aliphatic imine (C=N–C) groups is 1. The van der Waals surface area contributed by atoms with E-state index >= 15 is 0 Å². The van der Waals surface area contributed by atoms with E-state index in [1.54, 1.807) is 20.3 Å². The van der Waals surface area contributed by atoms with Crippen LogP contribution in [0.4, 0.5) is 0 Å². The largest absolute Gasteiger partial charge is 0.362 e. The van der Waals surface area contributed by atoms with E-state index in [4.69, 9.17) is 4.79 Å². The number of carbonyl (C=O) groups is 1. The average Bonchev–Trinajstić information content (AvgIpc) is 1.88. The smallest absolute Gasteiger partial charge is 0.206 e. The minimum atomic E-state index is 0. The zero-order chi connectivity index (χ0) is 6.83. The van der Waals surface area contributed by atoms with Crippen molar-refractivity contribution < 1.29 is 4.79 Å². The Bertz CT molecular complexity index is 58.1. The number of hydrogen-bond donors (Lipinski definition) is 1. The highest BCUT2D eigenvalue weighted by Gasteiger charge is 1.43. The van der Waals surface area contributed by atoms with Crippen molar-refractivity contribution in [2.75, 3.05) is 14.1 Å². The van der Waals surface area contributed by atoms with Gasteiger partial charge in [-0.1, -0.05) is 7.43 Å². The summed E-state index contributed by atoms with van der Waals surface area (Å²) in [4.78, 5) is 12.7. The first kappa shape index (κ1) is 15.7. The summed E-state index contributed by atoms with van der Waals surface area (Å²) < 4.78 is 0. The van der Waals surface area contributed by atoms with Crippen LogP contribution in [0.5, 0.6) is 0 Å². The summed E-state index contributed by atoms with van der Waals surface area (Å²) in [5, 5.41) is 2.25. The Morgan fingerprint density at radius 3 is 1.78 bits per heavy atom. The third kappa shape index (κ3) is 145. The van der Waals surface area contributed by atoms with Crippen molar-refractivity contribution in [1.29, 1.82) is 0 Å². The summed E-state index contributed by atoms with van der Waals surface area (Å²) in [5.41, 5.74) is 0. The molecule has 1 amide bonds. The molecule has 3 heteroatoms. The fraction of sp³-hybridized carbons (Fsp3) is 0.667. The molecule has 0 aliphatic carbocycles. The van der Waals surface area contributed by atoms with Gasteiger partial charge in [-0.05, 0) is 13.1 Å². The highest BCUT2D eigenvalue weighted by molar-refractivity contribution is 5.52. The first-order valence-electron chi connectivity index (χ1n) is 2.31.